The minimum absolute atomic E-state index is 0.311. The molecule has 3 aromatic carbocycles. The Hall–Kier alpha value is -3.99. The van der Waals surface area contributed by atoms with Crippen LogP contribution in [0.2, 0.25) is 0 Å². The van der Waals surface area contributed by atoms with Crippen LogP contribution in [0.5, 0.6) is 11.5 Å². The average Bonchev–Trinajstić information content (AvgIpc) is 3.34. The van der Waals surface area contributed by atoms with Gasteiger partial charge < -0.3 is 19.1 Å². The highest BCUT2D eigenvalue weighted by Crippen LogP contribution is 2.26. The maximum Gasteiger partial charge on any atom is 0.345 e. The van der Waals surface area contributed by atoms with Crippen LogP contribution in [0, 0.1) is 6.92 Å². The van der Waals surface area contributed by atoms with Gasteiger partial charge in [0.2, 0.25) is 0 Å². The largest absolute Gasteiger partial charge is 0.494 e. The molecule has 4 rings (SSSR count). The van der Waals surface area contributed by atoms with Crippen molar-refractivity contribution in [2.75, 3.05) is 6.61 Å². The first-order valence-electron chi connectivity index (χ1n) is 14.4. The highest BCUT2D eigenvalue weighted by molar-refractivity contribution is 5.73. The third-order valence-corrected chi connectivity index (χ3v) is 7.20. The van der Waals surface area contributed by atoms with E-state index < -0.39 is 12.1 Å². The van der Waals surface area contributed by atoms with Crippen LogP contribution in [-0.4, -0.2) is 28.4 Å². The van der Waals surface area contributed by atoms with Gasteiger partial charge in [-0.2, -0.15) is 0 Å². The molecule has 5 nitrogen and oxygen atoms in total. The number of aromatic nitrogens is 1. The third-order valence-electron chi connectivity index (χ3n) is 7.20. The van der Waals surface area contributed by atoms with Gasteiger partial charge in [-0.3, -0.25) is 0 Å². The van der Waals surface area contributed by atoms with Crippen molar-refractivity contribution in [3.05, 3.63) is 108 Å². The lowest BCUT2D eigenvalue weighted by molar-refractivity contribution is -0.145. The Kier molecular flexibility index (Phi) is 10.9. The maximum atomic E-state index is 11.8. The fraction of sp³-hybridized carbons (Fsp3) is 0.343. The maximum absolute atomic E-state index is 11.8. The van der Waals surface area contributed by atoms with E-state index in [2.05, 4.69) is 54.8 Å². The summed E-state index contributed by atoms with van der Waals surface area (Å²) in [6.45, 7) is 5.85. The summed E-state index contributed by atoms with van der Waals surface area (Å²) in [4.78, 5) is 11.8. The molecule has 0 aliphatic carbocycles. The SMILES string of the molecule is CCCCCCc1ccc(OCCCn2c(C)ccc2-c2ccc(O[C@H](Cc3ccccc3)C(=O)O)cc2)cc1. The van der Waals surface area contributed by atoms with Crippen LogP contribution in [0.3, 0.4) is 0 Å². The summed E-state index contributed by atoms with van der Waals surface area (Å²) in [6.07, 6.45) is 6.52. The van der Waals surface area contributed by atoms with Gasteiger partial charge in [0.1, 0.15) is 11.5 Å². The quantitative estimate of drug-likeness (QED) is 0.146. The Balaban J connectivity index is 1.29. The smallest absolute Gasteiger partial charge is 0.345 e. The van der Waals surface area contributed by atoms with E-state index in [1.165, 1.54) is 36.9 Å². The van der Waals surface area contributed by atoms with Crippen molar-refractivity contribution < 1.29 is 19.4 Å². The topological polar surface area (TPSA) is 60.7 Å². The van der Waals surface area contributed by atoms with Gasteiger partial charge in [0, 0.05) is 24.4 Å². The summed E-state index contributed by atoms with van der Waals surface area (Å²) in [5.74, 6) is 0.490. The number of aliphatic carboxylic acids is 1. The minimum atomic E-state index is -0.974. The summed E-state index contributed by atoms with van der Waals surface area (Å²) in [7, 11) is 0. The van der Waals surface area contributed by atoms with Gasteiger partial charge in [0.25, 0.3) is 0 Å². The number of aryl methyl sites for hydroxylation is 2. The molecule has 0 saturated carbocycles. The van der Waals surface area contributed by atoms with Gasteiger partial charge in [-0.15, -0.1) is 0 Å². The predicted molar refractivity (Wildman–Crippen MR) is 161 cm³/mol. The second kappa shape index (κ2) is 15.0. The molecule has 40 heavy (non-hydrogen) atoms. The Morgan fingerprint density at radius 3 is 2.23 bits per heavy atom. The molecule has 0 aliphatic heterocycles. The molecule has 4 aromatic rings. The van der Waals surface area contributed by atoms with Crippen molar-refractivity contribution in [1.29, 1.82) is 0 Å². The van der Waals surface area contributed by atoms with E-state index in [0.717, 1.165) is 42.0 Å². The van der Waals surface area contributed by atoms with Crippen molar-refractivity contribution in [2.24, 2.45) is 0 Å². The van der Waals surface area contributed by atoms with E-state index in [0.29, 0.717) is 18.8 Å². The van der Waals surface area contributed by atoms with E-state index in [4.69, 9.17) is 9.47 Å². The van der Waals surface area contributed by atoms with Crippen LogP contribution in [-0.2, 0) is 24.2 Å². The van der Waals surface area contributed by atoms with E-state index in [9.17, 15) is 9.90 Å². The highest BCUT2D eigenvalue weighted by Gasteiger charge is 2.20. The van der Waals surface area contributed by atoms with Gasteiger partial charge in [0.05, 0.1) is 6.61 Å². The monoisotopic (exact) mass is 539 g/mol. The normalized spacial score (nSPS) is 11.8. The summed E-state index contributed by atoms with van der Waals surface area (Å²) in [5.41, 5.74) is 5.68. The van der Waals surface area contributed by atoms with Crippen LogP contribution < -0.4 is 9.47 Å². The number of rotatable bonds is 16. The van der Waals surface area contributed by atoms with Crippen LogP contribution >= 0.6 is 0 Å². The number of benzene rings is 3. The molecular formula is C35H41NO4. The number of carboxylic acid groups (broad SMARTS) is 1. The predicted octanol–water partition coefficient (Wildman–Crippen LogP) is 8.13. The number of carbonyl (C=O) groups is 1. The Morgan fingerprint density at radius 1 is 0.800 bits per heavy atom. The van der Waals surface area contributed by atoms with Crippen molar-refractivity contribution in [3.8, 4) is 22.8 Å². The lowest BCUT2D eigenvalue weighted by Crippen LogP contribution is -2.29. The second-order valence-corrected chi connectivity index (χ2v) is 10.3. The van der Waals surface area contributed by atoms with Crippen LogP contribution in [0.1, 0.15) is 55.8 Å². The standard InChI is InChI=1S/C35H41NO4/c1-3-4-5-7-11-28-15-19-31(20-16-28)39-25-10-24-36-27(2)14-23-33(36)30-17-21-32(22-18-30)40-34(35(37)38)26-29-12-8-6-9-13-29/h6,8-9,12-23,34H,3-5,7,10-11,24-26H2,1-2H3,(H,37,38)/t34-/m1/s1. The lowest BCUT2D eigenvalue weighted by Gasteiger charge is -2.16. The minimum Gasteiger partial charge on any atom is -0.494 e. The number of hydrogen-bond donors (Lipinski definition) is 1. The summed E-state index contributed by atoms with van der Waals surface area (Å²) in [6, 6.07) is 30.0. The van der Waals surface area contributed by atoms with Crippen molar-refractivity contribution in [1.82, 2.24) is 4.57 Å². The molecule has 1 atom stereocenters. The molecule has 0 radical (unpaired) electrons. The van der Waals surface area contributed by atoms with E-state index in [1.807, 2.05) is 54.6 Å². The summed E-state index contributed by atoms with van der Waals surface area (Å²) < 4.78 is 14.2. The molecule has 0 amide bonds. The molecule has 0 fully saturated rings. The number of carboxylic acids is 1. The number of ether oxygens (including phenoxy) is 2. The van der Waals surface area contributed by atoms with E-state index in [-0.39, 0.29) is 0 Å². The fourth-order valence-electron chi connectivity index (χ4n) is 4.92. The number of hydrogen-bond acceptors (Lipinski definition) is 3. The van der Waals surface area contributed by atoms with Gasteiger partial charge >= 0.3 is 5.97 Å². The average molecular weight is 540 g/mol. The molecular weight excluding hydrogens is 498 g/mol. The molecule has 0 saturated heterocycles. The van der Waals surface area contributed by atoms with E-state index >= 15 is 0 Å². The second-order valence-electron chi connectivity index (χ2n) is 10.3. The molecule has 0 unspecified atom stereocenters. The molecule has 1 aromatic heterocycles. The Labute approximate surface area is 238 Å². The van der Waals surface area contributed by atoms with Crippen molar-refractivity contribution in [3.63, 3.8) is 0 Å². The zero-order valence-corrected chi connectivity index (χ0v) is 23.7. The molecule has 0 aliphatic rings. The van der Waals surface area contributed by atoms with Gasteiger partial charge in [0.15, 0.2) is 6.10 Å². The lowest BCUT2D eigenvalue weighted by atomic mass is 10.1. The van der Waals surface area contributed by atoms with Crippen LogP contribution in [0.15, 0.2) is 91.0 Å². The number of nitrogens with zero attached hydrogens (tertiary/aromatic N) is 1. The molecule has 210 valence electrons. The molecule has 1 heterocycles. The zero-order chi connectivity index (χ0) is 28.2. The molecule has 0 spiro atoms. The van der Waals surface area contributed by atoms with Crippen LogP contribution in [0.4, 0.5) is 0 Å². The Bertz CT molecular complexity index is 1310. The summed E-state index contributed by atoms with van der Waals surface area (Å²) in [5, 5.41) is 9.66. The van der Waals surface area contributed by atoms with Crippen LogP contribution in [0.25, 0.3) is 11.3 Å². The fourth-order valence-corrected chi connectivity index (χ4v) is 4.92. The first kappa shape index (κ1) is 29.0. The van der Waals surface area contributed by atoms with Crippen molar-refractivity contribution >= 4 is 5.97 Å². The van der Waals surface area contributed by atoms with Gasteiger partial charge in [-0.25, -0.2) is 4.79 Å². The highest BCUT2D eigenvalue weighted by atomic mass is 16.5. The molecule has 5 heteroatoms. The van der Waals surface area contributed by atoms with Gasteiger partial charge in [-0.05, 0) is 91.4 Å². The van der Waals surface area contributed by atoms with Gasteiger partial charge in [-0.1, -0.05) is 68.7 Å². The van der Waals surface area contributed by atoms with Crippen molar-refractivity contribution in [2.45, 2.75) is 71.4 Å². The molecule has 0 bridgehead atoms. The Morgan fingerprint density at radius 2 is 1.52 bits per heavy atom. The zero-order valence-electron chi connectivity index (χ0n) is 23.7. The van der Waals surface area contributed by atoms with E-state index in [1.54, 1.807) is 0 Å². The number of unbranched alkanes of at least 4 members (excludes halogenated alkanes) is 3. The first-order valence-corrected chi connectivity index (χ1v) is 14.4. The first-order chi connectivity index (χ1) is 19.5. The third kappa shape index (κ3) is 8.51. The summed E-state index contributed by atoms with van der Waals surface area (Å²) >= 11 is 0. The molecule has 1 N–H and O–H groups in total.